The Morgan fingerprint density at radius 3 is 2.19 bits per heavy atom. The van der Waals surface area contributed by atoms with E-state index in [0.29, 0.717) is 38.3 Å². The first-order chi connectivity index (χ1) is 15.2. The van der Waals surface area contributed by atoms with Gasteiger partial charge in [0.1, 0.15) is 5.69 Å². The van der Waals surface area contributed by atoms with E-state index >= 15 is 0 Å². The molecule has 1 saturated heterocycles. The minimum atomic E-state index is -0.527. The molecule has 0 saturated carbocycles. The number of carbonyl (C=O) groups excluding carboxylic acids is 3. The molecule has 168 valence electrons. The third kappa shape index (κ3) is 4.77. The summed E-state index contributed by atoms with van der Waals surface area (Å²) in [6, 6.07) is 10.8. The van der Waals surface area contributed by atoms with Gasteiger partial charge in [-0.3, -0.25) is 24.5 Å². The van der Waals surface area contributed by atoms with Crippen molar-refractivity contribution in [3.8, 4) is 0 Å². The van der Waals surface area contributed by atoms with Gasteiger partial charge in [-0.2, -0.15) is 0 Å². The third-order valence-electron chi connectivity index (χ3n) is 5.55. The predicted molar refractivity (Wildman–Crippen MR) is 120 cm³/mol. The highest BCUT2D eigenvalue weighted by molar-refractivity contribution is 6.15. The molecule has 1 aliphatic rings. The van der Waals surface area contributed by atoms with E-state index in [9.17, 15) is 24.5 Å². The van der Waals surface area contributed by atoms with Crippen LogP contribution < -0.4 is 4.90 Å². The van der Waals surface area contributed by atoms with Crippen molar-refractivity contribution in [1.29, 1.82) is 0 Å². The summed E-state index contributed by atoms with van der Waals surface area (Å²) in [7, 11) is 3.37. The van der Waals surface area contributed by atoms with Crippen LogP contribution in [-0.4, -0.2) is 72.6 Å². The molecule has 2 aromatic carbocycles. The molecule has 1 heterocycles. The first-order valence-electron chi connectivity index (χ1n) is 10.3. The van der Waals surface area contributed by atoms with E-state index in [4.69, 9.17) is 0 Å². The van der Waals surface area contributed by atoms with Crippen molar-refractivity contribution < 1.29 is 19.3 Å². The summed E-state index contributed by atoms with van der Waals surface area (Å²) < 4.78 is 0. The van der Waals surface area contributed by atoms with Gasteiger partial charge < -0.3 is 14.7 Å². The van der Waals surface area contributed by atoms with Gasteiger partial charge in [0, 0.05) is 64.4 Å². The van der Waals surface area contributed by atoms with E-state index < -0.39 is 10.7 Å². The number of rotatable bonds is 5. The minimum absolute atomic E-state index is 0.0300. The maximum absolute atomic E-state index is 13.3. The highest BCUT2D eigenvalue weighted by atomic mass is 16.6. The highest BCUT2D eigenvalue weighted by Gasteiger charge is 2.26. The number of amides is 2. The summed E-state index contributed by atoms with van der Waals surface area (Å²) in [4.78, 5) is 54.1. The van der Waals surface area contributed by atoms with E-state index in [1.54, 1.807) is 53.1 Å². The van der Waals surface area contributed by atoms with Gasteiger partial charge in [-0.15, -0.1) is 0 Å². The molecule has 3 rings (SSSR count). The van der Waals surface area contributed by atoms with Crippen LogP contribution in [-0.2, 0) is 4.79 Å². The number of carbonyl (C=O) groups is 3. The molecule has 9 heteroatoms. The summed E-state index contributed by atoms with van der Waals surface area (Å²) in [5, 5.41) is 11.5. The van der Waals surface area contributed by atoms with Crippen LogP contribution >= 0.6 is 0 Å². The van der Waals surface area contributed by atoms with Crippen molar-refractivity contribution in [3.05, 3.63) is 69.3 Å². The van der Waals surface area contributed by atoms with E-state index in [2.05, 4.69) is 0 Å². The van der Waals surface area contributed by atoms with Crippen molar-refractivity contribution >= 4 is 29.0 Å². The summed E-state index contributed by atoms with van der Waals surface area (Å²) in [5.74, 6) is -0.779. The number of ketones is 1. The quantitative estimate of drug-likeness (QED) is 0.404. The molecule has 9 nitrogen and oxygen atoms in total. The maximum Gasteiger partial charge on any atom is 0.293 e. The van der Waals surface area contributed by atoms with Crippen LogP contribution in [0.5, 0.6) is 0 Å². The molecule has 0 unspecified atom stereocenters. The molecule has 1 aliphatic heterocycles. The molecular formula is C23H26N4O5. The van der Waals surface area contributed by atoms with Crippen LogP contribution in [0.2, 0.25) is 0 Å². The molecule has 32 heavy (non-hydrogen) atoms. The lowest BCUT2D eigenvalue weighted by molar-refractivity contribution is -0.384. The molecule has 1 fully saturated rings. The topological polar surface area (TPSA) is 104 Å². The number of nitrogens with zero attached hydrogens (tertiary/aromatic N) is 4. The molecular weight excluding hydrogens is 412 g/mol. The van der Waals surface area contributed by atoms with Gasteiger partial charge in [0.25, 0.3) is 11.6 Å². The average molecular weight is 438 g/mol. The van der Waals surface area contributed by atoms with Gasteiger partial charge in [0.2, 0.25) is 5.91 Å². The molecule has 0 bridgehead atoms. The zero-order valence-electron chi connectivity index (χ0n) is 18.4. The smallest absolute Gasteiger partial charge is 0.293 e. The molecule has 0 N–H and O–H groups in total. The molecule has 0 aliphatic carbocycles. The van der Waals surface area contributed by atoms with Crippen LogP contribution in [0.3, 0.4) is 0 Å². The normalized spacial score (nSPS) is 14.0. The van der Waals surface area contributed by atoms with Gasteiger partial charge in [-0.1, -0.05) is 18.2 Å². The first-order valence-corrected chi connectivity index (χ1v) is 10.3. The zero-order chi connectivity index (χ0) is 23.4. The van der Waals surface area contributed by atoms with Crippen LogP contribution in [0.25, 0.3) is 0 Å². The minimum Gasteiger partial charge on any atom is -0.372 e. The molecule has 0 spiro atoms. The fourth-order valence-electron chi connectivity index (χ4n) is 3.82. The lowest BCUT2D eigenvalue weighted by Gasteiger charge is -2.22. The van der Waals surface area contributed by atoms with Gasteiger partial charge in [-0.25, -0.2) is 0 Å². The summed E-state index contributed by atoms with van der Waals surface area (Å²) in [5.41, 5.74) is 0.781. The third-order valence-corrected chi connectivity index (χ3v) is 5.55. The number of hydrogen-bond donors (Lipinski definition) is 0. The Hall–Kier alpha value is -3.75. The number of benzene rings is 2. The Morgan fingerprint density at radius 2 is 1.56 bits per heavy atom. The maximum atomic E-state index is 13.3. The van der Waals surface area contributed by atoms with Crippen LogP contribution in [0, 0.1) is 10.1 Å². The average Bonchev–Trinajstić information content (AvgIpc) is 3.04. The van der Waals surface area contributed by atoms with Crippen LogP contribution in [0.4, 0.5) is 11.4 Å². The predicted octanol–water partition coefficient (Wildman–Crippen LogP) is 2.59. The number of nitro benzene ring substituents is 1. The first kappa shape index (κ1) is 22.9. The second-order valence-corrected chi connectivity index (χ2v) is 7.88. The van der Waals surface area contributed by atoms with Crippen molar-refractivity contribution in [2.24, 2.45) is 0 Å². The van der Waals surface area contributed by atoms with E-state index in [-0.39, 0.29) is 34.2 Å². The highest BCUT2D eigenvalue weighted by Crippen LogP contribution is 2.29. The Bertz CT molecular complexity index is 1070. The zero-order valence-corrected chi connectivity index (χ0v) is 18.4. The van der Waals surface area contributed by atoms with Crippen LogP contribution in [0.1, 0.15) is 39.6 Å². The largest absolute Gasteiger partial charge is 0.372 e. The molecule has 2 amide bonds. The lowest BCUT2D eigenvalue weighted by Crippen LogP contribution is -2.37. The fraction of sp³-hybridized carbons (Fsp3) is 0.348. The number of hydrogen-bond acceptors (Lipinski definition) is 6. The summed E-state index contributed by atoms with van der Waals surface area (Å²) >= 11 is 0. The van der Waals surface area contributed by atoms with Gasteiger partial charge in [0.15, 0.2) is 5.78 Å². The van der Waals surface area contributed by atoms with Gasteiger partial charge >= 0.3 is 0 Å². The van der Waals surface area contributed by atoms with E-state index in [1.165, 1.54) is 25.1 Å². The fourth-order valence-corrected chi connectivity index (χ4v) is 3.82. The summed E-state index contributed by atoms with van der Waals surface area (Å²) in [6.45, 7) is 3.39. The lowest BCUT2D eigenvalue weighted by atomic mass is 9.96. The molecule has 0 radical (unpaired) electrons. The molecule has 0 atom stereocenters. The monoisotopic (exact) mass is 438 g/mol. The summed E-state index contributed by atoms with van der Waals surface area (Å²) in [6.07, 6.45) is 0.652. The van der Waals surface area contributed by atoms with Crippen molar-refractivity contribution in [3.63, 3.8) is 0 Å². The van der Waals surface area contributed by atoms with Crippen LogP contribution in [0.15, 0.2) is 42.5 Å². The second kappa shape index (κ2) is 9.59. The van der Waals surface area contributed by atoms with Gasteiger partial charge in [0.05, 0.1) is 10.5 Å². The SMILES string of the molecule is CC(=O)N1CCCN(C(=O)c2ccccc2C(=O)c2ccc(N(C)C)c([N+](=O)[O-])c2)CC1. The Labute approximate surface area is 186 Å². The van der Waals surface area contributed by atoms with Gasteiger partial charge in [-0.05, 0) is 24.6 Å². The van der Waals surface area contributed by atoms with Crippen molar-refractivity contribution in [2.45, 2.75) is 13.3 Å². The molecule has 2 aromatic rings. The Morgan fingerprint density at radius 1 is 0.938 bits per heavy atom. The number of anilines is 1. The molecule has 0 aromatic heterocycles. The van der Waals surface area contributed by atoms with E-state index in [1.807, 2.05) is 0 Å². The Kier molecular flexibility index (Phi) is 6.87. The Balaban J connectivity index is 1.92. The second-order valence-electron chi connectivity index (χ2n) is 7.88. The van der Waals surface area contributed by atoms with E-state index in [0.717, 1.165) is 0 Å². The van der Waals surface area contributed by atoms with Crippen molar-refractivity contribution in [1.82, 2.24) is 9.80 Å². The standard InChI is InChI=1S/C23H26N4O5/c1-16(28)25-11-6-12-26(14-13-25)23(30)19-8-5-4-7-18(19)22(29)17-9-10-20(24(2)3)21(15-17)27(31)32/h4-5,7-10,15H,6,11-14H2,1-3H3. The van der Waals surface area contributed by atoms with Crippen molar-refractivity contribution in [2.75, 3.05) is 45.2 Å². The number of nitro groups is 1.